The molecule has 1 N–H and O–H groups in total. The number of nitrogens with one attached hydrogen (secondary N) is 1. The van der Waals surface area contributed by atoms with E-state index < -0.39 is 0 Å². The molecule has 2 amide bonds. The Morgan fingerprint density at radius 2 is 1.65 bits per heavy atom. The van der Waals surface area contributed by atoms with Crippen molar-refractivity contribution in [3.05, 3.63) is 33.8 Å². The van der Waals surface area contributed by atoms with Crippen molar-refractivity contribution < 1.29 is 9.59 Å². The summed E-state index contributed by atoms with van der Waals surface area (Å²) in [5.41, 5.74) is 0.453. The molecule has 2 aliphatic rings. The summed E-state index contributed by atoms with van der Waals surface area (Å²) in [6.07, 6.45) is 0. The zero-order chi connectivity index (χ0) is 15.7. The van der Waals surface area contributed by atoms with Crippen LogP contribution < -0.4 is 5.32 Å². The lowest BCUT2D eigenvalue weighted by Crippen LogP contribution is -2.57. The number of rotatable bonds is 2. The zero-order valence-electron chi connectivity index (χ0n) is 12.4. The first-order chi connectivity index (χ1) is 10.6. The number of carbonyl (C=O) groups is 2. The van der Waals surface area contributed by atoms with Crippen LogP contribution in [0.2, 0.25) is 10.0 Å². The van der Waals surface area contributed by atoms with Crippen LogP contribution in [0.25, 0.3) is 0 Å². The molecule has 0 saturated carbocycles. The molecule has 0 spiro atoms. The molecule has 2 aliphatic heterocycles. The Balaban J connectivity index is 0.00000192. The van der Waals surface area contributed by atoms with Crippen LogP contribution in [0.1, 0.15) is 10.4 Å². The standard InChI is InChI=1S/C15H17Cl2N3O2.ClH/c16-11-1-2-12(13(17)7-11)15(22)20-5-3-19(4-6-20)14(21)10-8-18-9-10;/h1-2,7,10,18H,3-6,8-9H2;1H. The second-order valence-corrected chi connectivity index (χ2v) is 6.44. The van der Waals surface area contributed by atoms with Crippen molar-refractivity contribution in [2.24, 2.45) is 5.92 Å². The van der Waals surface area contributed by atoms with Crippen molar-refractivity contribution in [2.75, 3.05) is 39.3 Å². The quantitative estimate of drug-likeness (QED) is 0.855. The summed E-state index contributed by atoms with van der Waals surface area (Å²) in [6.45, 7) is 3.74. The number of benzene rings is 1. The van der Waals surface area contributed by atoms with Crippen molar-refractivity contribution in [2.45, 2.75) is 0 Å². The highest BCUT2D eigenvalue weighted by Crippen LogP contribution is 2.23. The molecule has 0 aromatic heterocycles. The highest BCUT2D eigenvalue weighted by molar-refractivity contribution is 6.36. The molecule has 0 bridgehead atoms. The molecule has 2 saturated heterocycles. The molecular weight excluding hydrogens is 361 g/mol. The van der Waals surface area contributed by atoms with E-state index in [0.717, 1.165) is 13.1 Å². The lowest BCUT2D eigenvalue weighted by Gasteiger charge is -2.38. The van der Waals surface area contributed by atoms with Crippen molar-refractivity contribution in [1.29, 1.82) is 0 Å². The Morgan fingerprint density at radius 3 is 2.17 bits per heavy atom. The number of piperazine rings is 1. The monoisotopic (exact) mass is 377 g/mol. The van der Waals surface area contributed by atoms with Gasteiger partial charge in [-0.3, -0.25) is 9.59 Å². The number of amides is 2. The fraction of sp³-hybridized carbons (Fsp3) is 0.467. The van der Waals surface area contributed by atoms with E-state index in [0.29, 0.717) is 41.8 Å². The summed E-state index contributed by atoms with van der Waals surface area (Å²) in [6, 6.07) is 4.87. The number of hydrogen-bond acceptors (Lipinski definition) is 3. The van der Waals surface area contributed by atoms with Crippen molar-refractivity contribution in [1.82, 2.24) is 15.1 Å². The lowest BCUT2D eigenvalue weighted by atomic mass is 10.0. The smallest absolute Gasteiger partial charge is 0.255 e. The third-order valence-corrected chi connectivity index (χ3v) is 4.72. The van der Waals surface area contributed by atoms with Gasteiger partial charge in [-0.15, -0.1) is 12.4 Å². The highest BCUT2D eigenvalue weighted by atomic mass is 35.5. The van der Waals surface area contributed by atoms with E-state index in [4.69, 9.17) is 23.2 Å². The predicted octanol–water partition coefficient (Wildman–Crippen LogP) is 1.92. The lowest BCUT2D eigenvalue weighted by molar-refractivity contribution is -0.138. The molecule has 2 heterocycles. The minimum atomic E-state index is -0.112. The topological polar surface area (TPSA) is 52.7 Å². The molecule has 23 heavy (non-hydrogen) atoms. The van der Waals surface area contributed by atoms with Crippen molar-refractivity contribution in [3.63, 3.8) is 0 Å². The SMILES string of the molecule is Cl.O=C(c1ccc(Cl)cc1Cl)N1CCN(C(=O)C2CNC2)CC1. The first-order valence-electron chi connectivity index (χ1n) is 7.30. The van der Waals surface area contributed by atoms with Gasteiger partial charge in [0.05, 0.1) is 16.5 Å². The maximum atomic E-state index is 12.5. The molecule has 0 unspecified atom stereocenters. The Hall–Kier alpha value is -1.01. The maximum absolute atomic E-state index is 12.5. The van der Waals surface area contributed by atoms with E-state index in [2.05, 4.69) is 5.32 Å². The number of hydrogen-bond donors (Lipinski definition) is 1. The molecule has 0 atom stereocenters. The van der Waals surface area contributed by atoms with Gasteiger partial charge in [-0.05, 0) is 18.2 Å². The first kappa shape index (κ1) is 18.3. The van der Waals surface area contributed by atoms with Crippen LogP contribution in [0.15, 0.2) is 18.2 Å². The van der Waals surface area contributed by atoms with Gasteiger partial charge in [0.15, 0.2) is 0 Å². The Morgan fingerprint density at radius 1 is 1.04 bits per heavy atom. The average molecular weight is 379 g/mol. The van der Waals surface area contributed by atoms with Crippen LogP contribution >= 0.6 is 35.6 Å². The van der Waals surface area contributed by atoms with Crippen LogP contribution in [-0.2, 0) is 4.79 Å². The maximum Gasteiger partial charge on any atom is 0.255 e. The second kappa shape index (κ2) is 7.71. The van der Waals surface area contributed by atoms with Crippen LogP contribution in [0.5, 0.6) is 0 Å². The van der Waals surface area contributed by atoms with Gasteiger partial charge in [-0.25, -0.2) is 0 Å². The number of carbonyl (C=O) groups excluding carboxylic acids is 2. The van der Waals surface area contributed by atoms with Crippen molar-refractivity contribution in [3.8, 4) is 0 Å². The summed E-state index contributed by atoms with van der Waals surface area (Å²) in [4.78, 5) is 28.2. The molecule has 8 heteroatoms. The van der Waals surface area contributed by atoms with Crippen molar-refractivity contribution >= 4 is 47.4 Å². The van der Waals surface area contributed by atoms with E-state index in [9.17, 15) is 9.59 Å². The van der Waals surface area contributed by atoms with Gasteiger partial charge in [-0.1, -0.05) is 23.2 Å². The summed E-state index contributed by atoms with van der Waals surface area (Å²) < 4.78 is 0. The minimum absolute atomic E-state index is 0. The summed E-state index contributed by atoms with van der Waals surface area (Å²) in [7, 11) is 0. The average Bonchev–Trinajstić information content (AvgIpc) is 2.45. The van der Waals surface area contributed by atoms with E-state index in [1.165, 1.54) is 0 Å². The first-order valence-corrected chi connectivity index (χ1v) is 8.05. The number of halogens is 3. The third kappa shape index (κ3) is 3.91. The fourth-order valence-electron chi connectivity index (χ4n) is 2.68. The minimum Gasteiger partial charge on any atom is -0.339 e. The molecule has 0 radical (unpaired) electrons. The molecule has 1 aromatic carbocycles. The van der Waals surface area contributed by atoms with Crippen LogP contribution in [0.3, 0.4) is 0 Å². The molecule has 2 fully saturated rings. The van der Waals surface area contributed by atoms with Crippen LogP contribution in [0, 0.1) is 5.92 Å². The van der Waals surface area contributed by atoms with Gasteiger partial charge < -0.3 is 15.1 Å². The van der Waals surface area contributed by atoms with Gasteiger partial charge in [0, 0.05) is 44.3 Å². The van der Waals surface area contributed by atoms with Gasteiger partial charge in [0.2, 0.25) is 5.91 Å². The largest absolute Gasteiger partial charge is 0.339 e. The number of nitrogens with zero attached hydrogens (tertiary/aromatic N) is 2. The zero-order valence-corrected chi connectivity index (χ0v) is 14.8. The van der Waals surface area contributed by atoms with E-state index in [1.54, 1.807) is 23.1 Å². The highest BCUT2D eigenvalue weighted by Gasteiger charge is 2.32. The molecular formula is C15H18Cl3N3O2. The molecule has 1 aromatic rings. The molecule has 126 valence electrons. The van der Waals surface area contributed by atoms with Gasteiger partial charge in [-0.2, -0.15) is 0 Å². The predicted molar refractivity (Wildman–Crippen MR) is 92.6 cm³/mol. The molecule has 0 aliphatic carbocycles. The Kier molecular flexibility index (Phi) is 6.14. The molecule has 3 rings (SSSR count). The summed E-state index contributed by atoms with van der Waals surface area (Å²) in [5, 5.41) is 3.97. The van der Waals surface area contributed by atoms with E-state index >= 15 is 0 Å². The Bertz CT molecular complexity index is 600. The molecule has 5 nitrogen and oxygen atoms in total. The summed E-state index contributed by atoms with van der Waals surface area (Å²) in [5.74, 6) is 0.183. The van der Waals surface area contributed by atoms with Gasteiger partial charge in [0.1, 0.15) is 0 Å². The van der Waals surface area contributed by atoms with E-state index in [-0.39, 0.29) is 30.1 Å². The second-order valence-electron chi connectivity index (χ2n) is 5.60. The van der Waals surface area contributed by atoms with Crippen LogP contribution in [-0.4, -0.2) is 60.9 Å². The normalized spacial score (nSPS) is 18.2. The van der Waals surface area contributed by atoms with E-state index in [1.807, 2.05) is 4.90 Å². The van der Waals surface area contributed by atoms with Gasteiger partial charge >= 0.3 is 0 Å². The Labute approximate surface area is 151 Å². The third-order valence-electron chi connectivity index (χ3n) is 4.17. The summed E-state index contributed by atoms with van der Waals surface area (Å²) >= 11 is 11.9. The van der Waals surface area contributed by atoms with Crippen LogP contribution in [0.4, 0.5) is 0 Å². The van der Waals surface area contributed by atoms with Gasteiger partial charge in [0.25, 0.3) is 5.91 Å². The fourth-order valence-corrected chi connectivity index (χ4v) is 3.17.